The molecule has 2 nitrogen and oxygen atoms in total. The molecule has 2 rings (SSSR count). The molecule has 0 amide bonds. The van der Waals surface area contributed by atoms with Gasteiger partial charge in [-0.3, -0.25) is 0 Å². The summed E-state index contributed by atoms with van der Waals surface area (Å²) in [6.45, 7) is 1.99. The predicted octanol–water partition coefficient (Wildman–Crippen LogP) is 4.02. The number of nitrogens with one attached hydrogen (secondary N) is 1. The number of hydrogen-bond donors (Lipinski definition) is 1. The average Bonchev–Trinajstić information content (AvgIpc) is 2.77. The predicted molar refractivity (Wildman–Crippen MR) is 66.6 cm³/mol. The summed E-state index contributed by atoms with van der Waals surface area (Å²) < 4.78 is 18.6. The number of hydrogen-bond acceptors (Lipinski definition) is 2. The summed E-state index contributed by atoms with van der Waals surface area (Å²) in [4.78, 5) is 0. The van der Waals surface area contributed by atoms with Crippen LogP contribution in [0.4, 0.5) is 4.39 Å². The molecule has 17 heavy (non-hydrogen) atoms. The number of halogens is 2. The molecule has 0 radical (unpaired) electrons. The molecule has 0 aliphatic rings. The van der Waals surface area contributed by atoms with E-state index in [0.29, 0.717) is 16.3 Å². The molecule has 0 bridgehead atoms. The van der Waals surface area contributed by atoms with Crippen LogP contribution in [0.3, 0.4) is 0 Å². The maximum absolute atomic E-state index is 12.9. The Morgan fingerprint density at radius 2 is 2.06 bits per heavy atom. The second kappa shape index (κ2) is 4.90. The van der Waals surface area contributed by atoms with E-state index in [4.69, 9.17) is 16.0 Å². The van der Waals surface area contributed by atoms with Crippen molar-refractivity contribution in [1.82, 2.24) is 5.32 Å². The van der Waals surface area contributed by atoms with Gasteiger partial charge in [0.2, 0.25) is 0 Å². The molecule has 0 fully saturated rings. The van der Waals surface area contributed by atoms with Crippen molar-refractivity contribution in [3.63, 3.8) is 0 Å². The van der Waals surface area contributed by atoms with Crippen molar-refractivity contribution in [3.05, 3.63) is 46.9 Å². The van der Waals surface area contributed by atoms with Gasteiger partial charge in [-0.2, -0.15) is 0 Å². The molecule has 0 aliphatic carbocycles. The van der Waals surface area contributed by atoms with Crippen LogP contribution in [0.2, 0.25) is 5.02 Å². The van der Waals surface area contributed by atoms with Crippen LogP contribution >= 0.6 is 11.6 Å². The Hall–Kier alpha value is -1.32. The van der Waals surface area contributed by atoms with Gasteiger partial charge in [0.15, 0.2) is 0 Å². The van der Waals surface area contributed by atoms with Crippen LogP contribution in [-0.2, 0) is 0 Å². The minimum atomic E-state index is -0.353. The molecule has 0 spiro atoms. The summed E-state index contributed by atoms with van der Waals surface area (Å²) in [5.41, 5.74) is 0.697. The van der Waals surface area contributed by atoms with Crippen molar-refractivity contribution in [2.24, 2.45) is 0 Å². The van der Waals surface area contributed by atoms with Crippen LogP contribution in [0.15, 0.2) is 34.7 Å². The normalized spacial score (nSPS) is 12.7. The Morgan fingerprint density at radius 1 is 1.29 bits per heavy atom. The van der Waals surface area contributed by atoms with Crippen LogP contribution in [0.1, 0.15) is 18.7 Å². The molecule has 1 atom stereocenters. The van der Waals surface area contributed by atoms with Gasteiger partial charge in [0.1, 0.15) is 17.3 Å². The first-order valence-corrected chi connectivity index (χ1v) is 5.72. The lowest BCUT2D eigenvalue weighted by atomic mass is 10.2. The van der Waals surface area contributed by atoms with E-state index in [9.17, 15) is 4.39 Å². The first-order valence-electron chi connectivity index (χ1n) is 5.34. The molecule has 0 saturated heterocycles. The average molecular weight is 254 g/mol. The van der Waals surface area contributed by atoms with E-state index < -0.39 is 0 Å². The lowest BCUT2D eigenvalue weighted by molar-refractivity contribution is 0.458. The molecule has 0 aliphatic heterocycles. The quantitative estimate of drug-likeness (QED) is 0.894. The molecule has 90 valence electrons. The van der Waals surface area contributed by atoms with E-state index in [2.05, 4.69) is 5.32 Å². The minimum absolute atomic E-state index is 0.128. The summed E-state index contributed by atoms with van der Waals surface area (Å²) >= 11 is 5.97. The Balaban J connectivity index is 2.37. The largest absolute Gasteiger partial charge is 0.459 e. The van der Waals surface area contributed by atoms with Crippen LogP contribution < -0.4 is 5.32 Å². The number of benzene rings is 1. The van der Waals surface area contributed by atoms with E-state index in [1.165, 1.54) is 12.1 Å². The van der Waals surface area contributed by atoms with Crippen molar-refractivity contribution in [1.29, 1.82) is 0 Å². The van der Waals surface area contributed by atoms with E-state index in [0.717, 1.165) is 5.76 Å². The van der Waals surface area contributed by atoms with Crippen molar-refractivity contribution in [2.45, 2.75) is 13.0 Å². The summed E-state index contributed by atoms with van der Waals surface area (Å²) in [5.74, 6) is 1.11. The van der Waals surface area contributed by atoms with Crippen molar-refractivity contribution in [2.75, 3.05) is 7.05 Å². The molecule has 1 heterocycles. The molecule has 1 N–H and O–H groups in total. The number of furan rings is 1. The van der Waals surface area contributed by atoms with Crippen LogP contribution in [0, 0.1) is 5.82 Å². The molecule has 4 heteroatoms. The molecule has 0 saturated carbocycles. The maximum atomic E-state index is 12.9. The highest BCUT2D eigenvalue weighted by Gasteiger charge is 2.12. The van der Waals surface area contributed by atoms with Gasteiger partial charge in [0.05, 0.1) is 11.1 Å². The molecular weight excluding hydrogens is 241 g/mol. The van der Waals surface area contributed by atoms with Gasteiger partial charge in [-0.05, 0) is 44.3 Å². The van der Waals surface area contributed by atoms with E-state index in [1.54, 1.807) is 6.07 Å². The Bertz CT molecular complexity index is 524. The zero-order valence-electron chi connectivity index (χ0n) is 9.63. The van der Waals surface area contributed by atoms with Crippen LogP contribution in [0.25, 0.3) is 11.3 Å². The molecule has 1 unspecified atom stereocenters. The zero-order valence-corrected chi connectivity index (χ0v) is 10.4. The van der Waals surface area contributed by atoms with E-state index in [-0.39, 0.29) is 11.9 Å². The van der Waals surface area contributed by atoms with Crippen molar-refractivity contribution >= 4 is 11.6 Å². The fourth-order valence-electron chi connectivity index (χ4n) is 1.56. The van der Waals surface area contributed by atoms with Crippen LogP contribution in [0.5, 0.6) is 0 Å². The lowest BCUT2D eigenvalue weighted by Gasteiger charge is -2.06. The minimum Gasteiger partial charge on any atom is -0.459 e. The molecule has 2 aromatic rings. The summed E-state index contributed by atoms with van der Waals surface area (Å²) in [6.07, 6.45) is 0. The maximum Gasteiger partial charge on any atom is 0.135 e. The van der Waals surface area contributed by atoms with Gasteiger partial charge in [0, 0.05) is 5.56 Å². The Kier molecular flexibility index (Phi) is 3.50. The first kappa shape index (κ1) is 12.1. The van der Waals surface area contributed by atoms with Gasteiger partial charge in [-0.15, -0.1) is 0 Å². The van der Waals surface area contributed by atoms with Gasteiger partial charge in [-0.1, -0.05) is 11.6 Å². The van der Waals surface area contributed by atoms with Gasteiger partial charge in [-0.25, -0.2) is 4.39 Å². The first-order chi connectivity index (χ1) is 8.11. The smallest absolute Gasteiger partial charge is 0.135 e. The van der Waals surface area contributed by atoms with Crippen molar-refractivity contribution < 1.29 is 8.81 Å². The monoisotopic (exact) mass is 253 g/mol. The summed E-state index contributed by atoms with van der Waals surface area (Å²) in [5, 5.41) is 3.43. The topological polar surface area (TPSA) is 25.2 Å². The molecule has 1 aromatic carbocycles. The third-order valence-corrected chi connectivity index (χ3v) is 3.00. The number of rotatable bonds is 3. The zero-order chi connectivity index (χ0) is 12.4. The lowest BCUT2D eigenvalue weighted by Crippen LogP contribution is -2.10. The van der Waals surface area contributed by atoms with Gasteiger partial charge < -0.3 is 9.73 Å². The molecular formula is C13H13ClFNO. The van der Waals surface area contributed by atoms with E-state index >= 15 is 0 Å². The summed E-state index contributed by atoms with van der Waals surface area (Å²) in [7, 11) is 1.86. The third kappa shape index (κ3) is 2.51. The Morgan fingerprint density at radius 3 is 2.71 bits per heavy atom. The second-order valence-electron chi connectivity index (χ2n) is 3.84. The van der Waals surface area contributed by atoms with Gasteiger partial charge in [0.25, 0.3) is 0 Å². The van der Waals surface area contributed by atoms with Crippen LogP contribution in [-0.4, -0.2) is 7.05 Å². The molecule has 1 aromatic heterocycles. The van der Waals surface area contributed by atoms with Gasteiger partial charge >= 0.3 is 0 Å². The second-order valence-corrected chi connectivity index (χ2v) is 4.24. The van der Waals surface area contributed by atoms with E-state index in [1.807, 2.05) is 26.1 Å². The highest BCUT2D eigenvalue weighted by Crippen LogP contribution is 2.31. The standard InChI is InChI=1S/C13H13ClFNO/c1-8(16-2)12-5-6-13(17-12)10-4-3-9(15)7-11(10)14/h3-8,16H,1-2H3. The summed E-state index contributed by atoms with van der Waals surface area (Å²) in [6, 6.07) is 8.11. The fourth-order valence-corrected chi connectivity index (χ4v) is 1.82. The SMILES string of the molecule is CNC(C)c1ccc(-c2ccc(F)cc2Cl)o1. The highest BCUT2D eigenvalue weighted by atomic mass is 35.5. The highest BCUT2D eigenvalue weighted by molar-refractivity contribution is 6.33. The van der Waals surface area contributed by atoms with Crippen molar-refractivity contribution in [3.8, 4) is 11.3 Å². The third-order valence-electron chi connectivity index (χ3n) is 2.68. The fraction of sp³-hybridized carbons (Fsp3) is 0.231. The Labute approximate surface area is 104 Å².